The van der Waals surface area contributed by atoms with Gasteiger partial charge in [0.05, 0.1) is 22.5 Å². The van der Waals surface area contributed by atoms with Crippen molar-refractivity contribution >= 4 is 59.6 Å². The summed E-state index contributed by atoms with van der Waals surface area (Å²) in [6.45, 7) is 0. The van der Waals surface area contributed by atoms with Gasteiger partial charge < -0.3 is 5.32 Å². The summed E-state index contributed by atoms with van der Waals surface area (Å²) < 4.78 is 45.7. The number of hydrogen-bond acceptors (Lipinski definition) is 6. The van der Waals surface area contributed by atoms with Crippen molar-refractivity contribution < 1.29 is 16.8 Å². The van der Waals surface area contributed by atoms with E-state index >= 15 is 0 Å². The van der Waals surface area contributed by atoms with Crippen LogP contribution in [-0.2, 0) is 19.7 Å². The van der Waals surface area contributed by atoms with Gasteiger partial charge in [-0.05, 0) is 6.42 Å². The first-order chi connectivity index (χ1) is 8.67. The molecule has 2 aliphatic rings. The smallest absolute Gasteiger partial charge is 0.174 e. The van der Waals surface area contributed by atoms with Crippen LogP contribution in [0.2, 0.25) is 0 Å². The van der Waals surface area contributed by atoms with Gasteiger partial charge in [0, 0.05) is 16.5 Å². The average Bonchev–Trinajstić information content (AvgIpc) is 2.66. The van der Waals surface area contributed by atoms with Crippen LogP contribution >= 0.6 is 35.6 Å². The van der Waals surface area contributed by atoms with Crippen molar-refractivity contribution in [1.82, 2.24) is 5.32 Å². The Balaban J connectivity index is 1.88. The lowest BCUT2D eigenvalue weighted by atomic mass is 10.3. The fourth-order valence-electron chi connectivity index (χ4n) is 1.92. The first-order valence-corrected chi connectivity index (χ1v) is 10.6. The molecule has 0 unspecified atom stereocenters. The van der Waals surface area contributed by atoms with E-state index in [4.69, 9.17) is 23.8 Å². The molecule has 0 bridgehead atoms. The minimum atomic E-state index is -3.23. The van der Waals surface area contributed by atoms with E-state index in [2.05, 4.69) is 5.32 Å². The van der Waals surface area contributed by atoms with Crippen molar-refractivity contribution in [3.05, 3.63) is 10.4 Å². The maximum absolute atomic E-state index is 11.3. The Hall–Kier alpha value is 0.170. The molecule has 1 saturated heterocycles. The second-order valence-corrected chi connectivity index (χ2v) is 10.9. The second-order valence-electron chi connectivity index (χ2n) is 4.47. The quantitative estimate of drug-likeness (QED) is 0.723. The summed E-state index contributed by atoms with van der Waals surface area (Å²) in [5.74, 6) is 0.165. The van der Waals surface area contributed by atoms with Crippen LogP contribution in [0.15, 0.2) is 10.4 Å². The van der Waals surface area contributed by atoms with Crippen LogP contribution in [-0.4, -0.2) is 49.7 Å². The van der Waals surface area contributed by atoms with Crippen molar-refractivity contribution in [3.8, 4) is 0 Å². The Labute approximate surface area is 127 Å². The highest BCUT2D eigenvalue weighted by Crippen LogP contribution is 2.31. The van der Waals surface area contributed by atoms with Crippen LogP contribution in [0.3, 0.4) is 0 Å². The van der Waals surface area contributed by atoms with Gasteiger partial charge in [-0.3, -0.25) is 0 Å². The van der Waals surface area contributed by atoms with E-state index in [0.717, 1.165) is 17.2 Å². The van der Waals surface area contributed by atoms with Gasteiger partial charge in [0.1, 0.15) is 4.32 Å². The molecule has 0 aromatic heterocycles. The Bertz CT molecular complexity index is 625. The molecule has 10 heteroatoms. The number of thioether (sulfide) groups is 1. The molecule has 0 aliphatic carbocycles. The standard InChI is InChI=1S/C9H12ClNO4S4/c10-7-4-19(14,15)5-8(7)17-9(16)11-6-1-2-18(12,13)3-6/h4,6,8H,1-3,5H2,(H,11,16)/t6-,8+/m1/s1. The molecule has 0 aromatic carbocycles. The summed E-state index contributed by atoms with van der Waals surface area (Å²) >= 11 is 12.1. The van der Waals surface area contributed by atoms with Crippen LogP contribution in [0.5, 0.6) is 0 Å². The minimum Gasteiger partial charge on any atom is -0.367 e. The minimum absolute atomic E-state index is 0.0682. The van der Waals surface area contributed by atoms with Gasteiger partial charge in [-0.15, -0.1) is 0 Å². The topological polar surface area (TPSA) is 80.3 Å². The van der Waals surface area contributed by atoms with Crippen molar-refractivity contribution in [1.29, 1.82) is 0 Å². The molecule has 19 heavy (non-hydrogen) atoms. The SMILES string of the molecule is O=S1(=O)C=C(Cl)[C@@H](SC(=S)N[C@@H]2CCS(=O)(=O)C2)C1. The maximum atomic E-state index is 11.3. The molecule has 0 aromatic rings. The average molecular weight is 362 g/mol. The molecule has 2 rings (SSSR count). The molecule has 2 atom stereocenters. The van der Waals surface area contributed by atoms with E-state index in [9.17, 15) is 16.8 Å². The number of nitrogens with one attached hydrogen (secondary N) is 1. The number of sulfone groups is 2. The van der Waals surface area contributed by atoms with E-state index in [0.29, 0.717) is 10.7 Å². The summed E-state index contributed by atoms with van der Waals surface area (Å²) in [6, 6.07) is -0.189. The number of halogens is 1. The van der Waals surface area contributed by atoms with Crippen LogP contribution in [0, 0.1) is 0 Å². The molecule has 1 N–H and O–H groups in total. The third kappa shape index (κ3) is 4.32. The summed E-state index contributed by atoms with van der Waals surface area (Å²) in [5.41, 5.74) is 0. The van der Waals surface area contributed by atoms with Crippen molar-refractivity contribution in [2.24, 2.45) is 0 Å². The van der Waals surface area contributed by atoms with E-state index in [1.807, 2.05) is 0 Å². The van der Waals surface area contributed by atoms with Crippen molar-refractivity contribution in [3.63, 3.8) is 0 Å². The zero-order valence-corrected chi connectivity index (χ0v) is 13.7. The molecule has 0 radical (unpaired) electrons. The molecule has 5 nitrogen and oxygen atoms in total. The van der Waals surface area contributed by atoms with Gasteiger partial charge in [0.25, 0.3) is 0 Å². The summed E-state index contributed by atoms with van der Waals surface area (Å²) in [5, 5.41) is 3.85. The van der Waals surface area contributed by atoms with Gasteiger partial charge in [0.15, 0.2) is 19.7 Å². The van der Waals surface area contributed by atoms with Crippen LogP contribution in [0.1, 0.15) is 6.42 Å². The fraction of sp³-hybridized carbons (Fsp3) is 0.667. The number of thiocarbonyl (C=S) groups is 1. The van der Waals surface area contributed by atoms with Crippen molar-refractivity contribution in [2.45, 2.75) is 17.7 Å². The van der Waals surface area contributed by atoms with Gasteiger partial charge in [-0.25, -0.2) is 16.8 Å². The zero-order chi connectivity index (χ0) is 14.3. The lowest BCUT2D eigenvalue weighted by molar-refractivity contribution is 0.600. The van der Waals surface area contributed by atoms with E-state index in [1.165, 1.54) is 0 Å². The van der Waals surface area contributed by atoms with E-state index in [-0.39, 0.29) is 28.3 Å². The molecule has 0 amide bonds. The monoisotopic (exact) mass is 361 g/mol. The third-order valence-electron chi connectivity index (χ3n) is 2.79. The Morgan fingerprint density at radius 2 is 2.05 bits per heavy atom. The molecule has 2 aliphatic heterocycles. The van der Waals surface area contributed by atoms with Crippen LogP contribution in [0.4, 0.5) is 0 Å². The lowest BCUT2D eigenvalue weighted by Crippen LogP contribution is -2.34. The van der Waals surface area contributed by atoms with Gasteiger partial charge in [0.2, 0.25) is 0 Å². The number of rotatable bonds is 2. The summed E-state index contributed by atoms with van der Waals surface area (Å²) in [4.78, 5) is 0. The Kier molecular flexibility index (Phi) is 4.51. The van der Waals surface area contributed by atoms with Gasteiger partial charge in [-0.1, -0.05) is 35.6 Å². The highest BCUT2D eigenvalue weighted by Gasteiger charge is 2.32. The largest absolute Gasteiger partial charge is 0.367 e. The zero-order valence-electron chi connectivity index (χ0n) is 9.70. The second kappa shape index (κ2) is 5.51. The predicted octanol–water partition coefficient (Wildman–Crippen LogP) is 0.658. The molecular weight excluding hydrogens is 350 g/mol. The van der Waals surface area contributed by atoms with Crippen LogP contribution in [0.25, 0.3) is 0 Å². The fourth-order valence-corrected chi connectivity index (χ4v) is 7.62. The van der Waals surface area contributed by atoms with Gasteiger partial charge >= 0.3 is 0 Å². The Morgan fingerprint density at radius 3 is 2.53 bits per heavy atom. The molecule has 2 heterocycles. The number of hydrogen-bond donors (Lipinski definition) is 1. The molecule has 0 spiro atoms. The highest BCUT2D eigenvalue weighted by molar-refractivity contribution is 8.24. The molecular formula is C9H12ClNO4S4. The predicted molar refractivity (Wildman–Crippen MR) is 81.9 cm³/mol. The van der Waals surface area contributed by atoms with Crippen LogP contribution < -0.4 is 5.32 Å². The summed E-state index contributed by atoms with van der Waals surface area (Å²) in [7, 11) is -6.20. The van der Waals surface area contributed by atoms with E-state index in [1.54, 1.807) is 0 Å². The van der Waals surface area contributed by atoms with Crippen molar-refractivity contribution in [2.75, 3.05) is 17.3 Å². The van der Waals surface area contributed by atoms with Gasteiger partial charge in [-0.2, -0.15) is 0 Å². The normalized spacial score (nSPS) is 31.9. The first-order valence-electron chi connectivity index (χ1n) is 5.44. The highest BCUT2D eigenvalue weighted by atomic mass is 35.5. The van der Waals surface area contributed by atoms with E-state index < -0.39 is 24.9 Å². The molecule has 108 valence electrons. The Morgan fingerprint density at radius 1 is 1.37 bits per heavy atom. The third-order valence-corrected chi connectivity index (χ3v) is 8.25. The maximum Gasteiger partial charge on any atom is 0.174 e. The first kappa shape index (κ1) is 15.6. The molecule has 1 fully saturated rings. The summed E-state index contributed by atoms with van der Waals surface area (Å²) in [6.07, 6.45) is 0.523. The molecule has 0 saturated carbocycles. The lowest BCUT2D eigenvalue weighted by Gasteiger charge is -2.15.